The van der Waals surface area contributed by atoms with Gasteiger partial charge in [0, 0.05) is 17.8 Å². The predicted octanol–water partition coefficient (Wildman–Crippen LogP) is 3.71. The van der Waals surface area contributed by atoms with E-state index in [9.17, 15) is 22.0 Å². The average molecular weight is 475 g/mol. The second-order valence-electron chi connectivity index (χ2n) is 7.04. The van der Waals surface area contributed by atoms with Gasteiger partial charge in [-0.2, -0.15) is 0 Å². The summed E-state index contributed by atoms with van der Waals surface area (Å²) in [5, 5.41) is 0. The number of sulfonamides is 1. The Labute approximate surface area is 189 Å². The standard InChI is InChI=1S/C22H19F2N3O5S/c1-31-19-10-11-25-17(21(19)32-2)13-27-22(28)26(12-14-15(23)6-5-7-16(14)24)18-8-3-4-9-20(18)33(27,29)30/h3-11H,12-13H2,1-2H3. The van der Waals surface area contributed by atoms with E-state index in [1.54, 1.807) is 0 Å². The molecular weight excluding hydrogens is 456 g/mol. The second kappa shape index (κ2) is 8.66. The Hall–Kier alpha value is -3.73. The van der Waals surface area contributed by atoms with Gasteiger partial charge >= 0.3 is 6.03 Å². The predicted molar refractivity (Wildman–Crippen MR) is 114 cm³/mol. The van der Waals surface area contributed by atoms with Crippen molar-refractivity contribution in [3.8, 4) is 11.5 Å². The first-order valence-corrected chi connectivity index (χ1v) is 11.2. The van der Waals surface area contributed by atoms with Crippen LogP contribution in [0.25, 0.3) is 0 Å². The Morgan fingerprint density at radius 3 is 2.30 bits per heavy atom. The van der Waals surface area contributed by atoms with Crippen molar-refractivity contribution in [3.05, 3.63) is 77.6 Å². The molecule has 0 radical (unpaired) electrons. The summed E-state index contributed by atoms with van der Waals surface area (Å²) in [5.74, 6) is -1.24. The maximum Gasteiger partial charge on any atom is 0.339 e. The second-order valence-corrected chi connectivity index (χ2v) is 8.87. The van der Waals surface area contributed by atoms with Crippen molar-refractivity contribution in [1.29, 1.82) is 0 Å². The van der Waals surface area contributed by atoms with E-state index in [1.807, 2.05) is 0 Å². The number of rotatable bonds is 6. The molecule has 0 saturated carbocycles. The molecule has 0 unspecified atom stereocenters. The van der Waals surface area contributed by atoms with Crippen molar-refractivity contribution >= 4 is 21.7 Å². The number of carbonyl (C=O) groups is 1. The topological polar surface area (TPSA) is 89.0 Å². The number of urea groups is 1. The average Bonchev–Trinajstić information content (AvgIpc) is 2.81. The molecule has 0 atom stereocenters. The number of fused-ring (bicyclic) bond motifs is 1. The number of benzene rings is 2. The minimum Gasteiger partial charge on any atom is -0.493 e. The number of para-hydroxylation sites is 1. The van der Waals surface area contributed by atoms with Gasteiger partial charge in [-0.1, -0.05) is 18.2 Å². The van der Waals surface area contributed by atoms with Crippen LogP contribution in [-0.4, -0.2) is 38.0 Å². The summed E-state index contributed by atoms with van der Waals surface area (Å²) >= 11 is 0. The normalized spacial score (nSPS) is 14.7. The Balaban J connectivity index is 1.82. The van der Waals surface area contributed by atoms with Crippen LogP contribution in [0.3, 0.4) is 0 Å². The van der Waals surface area contributed by atoms with Crippen molar-refractivity contribution in [1.82, 2.24) is 9.29 Å². The van der Waals surface area contributed by atoms with Crippen LogP contribution in [0.4, 0.5) is 19.3 Å². The van der Waals surface area contributed by atoms with Crippen LogP contribution in [0.15, 0.2) is 59.6 Å². The minimum absolute atomic E-state index is 0.0203. The lowest BCUT2D eigenvalue weighted by molar-refractivity contribution is 0.225. The number of halogens is 2. The lowest BCUT2D eigenvalue weighted by Crippen LogP contribution is -2.50. The summed E-state index contributed by atoms with van der Waals surface area (Å²) < 4.78 is 66.5. The highest BCUT2D eigenvalue weighted by molar-refractivity contribution is 7.90. The molecule has 0 spiro atoms. The van der Waals surface area contributed by atoms with Gasteiger partial charge in [-0.3, -0.25) is 9.88 Å². The smallest absolute Gasteiger partial charge is 0.339 e. The van der Waals surface area contributed by atoms with E-state index in [4.69, 9.17) is 9.47 Å². The molecule has 1 aliphatic rings. The number of aromatic nitrogens is 1. The number of pyridine rings is 1. The van der Waals surface area contributed by atoms with Gasteiger partial charge in [0.1, 0.15) is 22.2 Å². The van der Waals surface area contributed by atoms with Crippen LogP contribution in [0, 0.1) is 11.6 Å². The van der Waals surface area contributed by atoms with Crippen LogP contribution < -0.4 is 14.4 Å². The summed E-state index contributed by atoms with van der Waals surface area (Å²) in [6, 6.07) is 9.65. The van der Waals surface area contributed by atoms with Crippen molar-refractivity contribution in [2.24, 2.45) is 0 Å². The van der Waals surface area contributed by atoms with E-state index in [0.717, 1.165) is 17.0 Å². The minimum atomic E-state index is -4.30. The van der Waals surface area contributed by atoms with Gasteiger partial charge in [-0.25, -0.2) is 26.3 Å². The molecule has 33 heavy (non-hydrogen) atoms. The van der Waals surface area contributed by atoms with Crippen molar-refractivity contribution < 1.29 is 31.5 Å². The number of ether oxygens (including phenoxy) is 2. The molecule has 0 bridgehead atoms. The van der Waals surface area contributed by atoms with Gasteiger partial charge in [-0.15, -0.1) is 0 Å². The lowest BCUT2D eigenvalue weighted by Gasteiger charge is -2.36. The molecular formula is C22H19F2N3O5S. The lowest BCUT2D eigenvalue weighted by atomic mass is 10.1. The highest BCUT2D eigenvalue weighted by Crippen LogP contribution is 2.38. The van der Waals surface area contributed by atoms with Gasteiger partial charge < -0.3 is 9.47 Å². The maximum absolute atomic E-state index is 14.3. The highest BCUT2D eigenvalue weighted by atomic mass is 32.2. The van der Waals surface area contributed by atoms with E-state index in [0.29, 0.717) is 10.1 Å². The van der Waals surface area contributed by atoms with Crippen molar-refractivity contribution in [3.63, 3.8) is 0 Å². The first-order valence-electron chi connectivity index (χ1n) is 9.71. The molecule has 8 nitrogen and oxygen atoms in total. The van der Waals surface area contributed by atoms with Crippen molar-refractivity contribution in [2.45, 2.75) is 18.0 Å². The van der Waals surface area contributed by atoms with Crippen LogP contribution in [0.5, 0.6) is 11.5 Å². The zero-order valence-corrected chi connectivity index (χ0v) is 18.5. The molecule has 2 amide bonds. The Morgan fingerprint density at radius 2 is 1.64 bits per heavy atom. The van der Waals surface area contributed by atoms with E-state index >= 15 is 0 Å². The molecule has 3 aromatic rings. The maximum atomic E-state index is 14.3. The first-order chi connectivity index (χ1) is 15.8. The van der Waals surface area contributed by atoms with Crippen molar-refractivity contribution in [2.75, 3.05) is 19.1 Å². The molecule has 1 aromatic heterocycles. The molecule has 2 aromatic carbocycles. The number of methoxy groups -OCH3 is 2. The zero-order chi connectivity index (χ0) is 23.8. The Kier molecular flexibility index (Phi) is 5.90. The van der Waals surface area contributed by atoms with Crippen LogP contribution in [0.2, 0.25) is 0 Å². The molecule has 11 heteroatoms. The fourth-order valence-corrected chi connectivity index (χ4v) is 5.13. The fraction of sp³-hybridized carbons (Fsp3) is 0.182. The van der Waals surface area contributed by atoms with E-state index in [2.05, 4.69) is 4.98 Å². The monoisotopic (exact) mass is 475 g/mol. The molecule has 0 N–H and O–H groups in total. The number of hydrogen-bond donors (Lipinski definition) is 0. The third-order valence-electron chi connectivity index (χ3n) is 5.21. The molecule has 0 aliphatic carbocycles. The molecule has 1 aliphatic heterocycles. The number of amides is 2. The number of hydrogen-bond acceptors (Lipinski definition) is 6. The third kappa shape index (κ3) is 3.84. The largest absolute Gasteiger partial charge is 0.493 e. The summed E-state index contributed by atoms with van der Waals surface area (Å²) in [6.45, 7) is -0.991. The van der Waals surface area contributed by atoms with Gasteiger partial charge in [0.25, 0.3) is 10.0 Å². The van der Waals surface area contributed by atoms with Gasteiger partial charge in [0.2, 0.25) is 0 Å². The number of carbonyl (C=O) groups excluding carboxylic acids is 1. The van der Waals surface area contributed by atoms with Crippen LogP contribution in [0.1, 0.15) is 11.3 Å². The summed E-state index contributed by atoms with van der Waals surface area (Å²) in [6.07, 6.45) is 1.39. The van der Waals surface area contributed by atoms with E-state index in [-0.39, 0.29) is 27.6 Å². The first kappa shape index (κ1) is 22.5. The van der Waals surface area contributed by atoms with Gasteiger partial charge in [-0.05, 0) is 24.3 Å². The van der Waals surface area contributed by atoms with Crippen LogP contribution in [-0.2, 0) is 23.1 Å². The fourth-order valence-electron chi connectivity index (χ4n) is 3.60. The summed E-state index contributed by atoms with van der Waals surface area (Å²) in [4.78, 5) is 18.4. The summed E-state index contributed by atoms with van der Waals surface area (Å²) in [5.41, 5.74) is -0.214. The Bertz CT molecular complexity index is 1310. The molecule has 0 saturated heterocycles. The molecule has 2 heterocycles. The zero-order valence-electron chi connectivity index (χ0n) is 17.7. The van der Waals surface area contributed by atoms with Crippen LogP contribution >= 0.6 is 0 Å². The highest BCUT2D eigenvalue weighted by Gasteiger charge is 2.42. The van der Waals surface area contributed by atoms with E-state index < -0.39 is 40.8 Å². The third-order valence-corrected chi connectivity index (χ3v) is 6.97. The SMILES string of the molecule is COc1ccnc(CN2C(=O)N(Cc3c(F)cccc3F)c3ccccc3S2(=O)=O)c1OC. The summed E-state index contributed by atoms with van der Waals surface area (Å²) in [7, 11) is -1.53. The molecule has 0 fully saturated rings. The quantitative estimate of drug-likeness (QED) is 0.540. The number of anilines is 1. The Morgan fingerprint density at radius 1 is 0.939 bits per heavy atom. The molecule has 4 rings (SSSR count). The number of nitrogens with zero attached hydrogens (tertiary/aromatic N) is 3. The van der Waals surface area contributed by atoms with Gasteiger partial charge in [0.05, 0.1) is 33.0 Å². The van der Waals surface area contributed by atoms with E-state index in [1.165, 1.54) is 56.8 Å². The molecule has 172 valence electrons. The van der Waals surface area contributed by atoms with Gasteiger partial charge in [0.15, 0.2) is 11.5 Å².